The Balaban J connectivity index is 4.12. The van der Waals surface area contributed by atoms with Gasteiger partial charge in [-0.1, -0.05) is 20.8 Å². The molecule has 0 saturated heterocycles. The number of nitrogens with zero attached hydrogens (tertiary/aromatic N) is 1. The molecule has 0 aliphatic carbocycles. The van der Waals surface area contributed by atoms with Crippen LogP contribution in [-0.4, -0.2) is 42.9 Å². The van der Waals surface area contributed by atoms with Crippen LogP contribution < -0.4 is 11.1 Å². The van der Waals surface area contributed by atoms with Gasteiger partial charge >= 0.3 is 0 Å². The monoisotopic (exact) mass is 257 g/mol. The van der Waals surface area contributed by atoms with Crippen LogP contribution in [0.1, 0.15) is 40.5 Å². The summed E-state index contributed by atoms with van der Waals surface area (Å²) in [5, 5.41) is 2.66. The molecule has 0 aromatic heterocycles. The van der Waals surface area contributed by atoms with Crippen LogP contribution >= 0.6 is 0 Å². The third kappa shape index (κ3) is 8.06. The third-order valence-electron chi connectivity index (χ3n) is 2.49. The van der Waals surface area contributed by atoms with Gasteiger partial charge in [0.05, 0.1) is 6.54 Å². The van der Waals surface area contributed by atoms with E-state index in [-0.39, 0.29) is 36.2 Å². The largest absolute Gasteiger partial charge is 0.355 e. The van der Waals surface area contributed by atoms with E-state index in [1.165, 1.54) is 4.90 Å². The van der Waals surface area contributed by atoms with Crippen molar-refractivity contribution in [1.82, 2.24) is 10.2 Å². The van der Waals surface area contributed by atoms with Gasteiger partial charge in [-0.2, -0.15) is 0 Å². The van der Waals surface area contributed by atoms with E-state index < -0.39 is 0 Å². The van der Waals surface area contributed by atoms with E-state index >= 15 is 0 Å². The second kappa shape index (κ2) is 7.36. The zero-order valence-corrected chi connectivity index (χ0v) is 12.2. The van der Waals surface area contributed by atoms with Crippen LogP contribution in [0.2, 0.25) is 0 Å². The first kappa shape index (κ1) is 16.9. The molecule has 5 heteroatoms. The van der Waals surface area contributed by atoms with E-state index in [4.69, 9.17) is 5.73 Å². The van der Waals surface area contributed by atoms with Gasteiger partial charge in [0, 0.05) is 26.1 Å². The minimum Gasteiger partial charge on any atom is -0.355 e. The number of hydrogen-bond acceptors (Lipinski definition) is 3. The van der Waals surface area contributed by atoms with Crippen LogP contribution in [0, 0.1) is 5.41 Å². The molecule has 2 amide bonds. The summed E-state index contributed by atoms with van der Waals surface area (Å²) >= 11 is 0. The SMILES string of the molecule is CCNC(=O)CN(C)C(=O)CC(N)CC(C)(C)C. The maximum Gasteiger partial charge on any atom is 0.239 e. The summed E-state index contributed by atoms with van der Waals surface area (Å²) in [6, 6.07) is -0.158. The summed E-state index contributed by atoms with van der Waals surface area (Å²) in [6.07, 6.45) is 1.07. The molecule has 18 heavy (non-hydrogen) atoms. The highest BCUT2D eigenvalue weighted by Gasteiger charge is 2.20. The van der Waals surface area contributed by atoms with Crippen molar-refractivity contribution in [1.29, 1.82) is 0 Å². The molecule has 0 aliphatic rings. The van der Waals surface area contributed by atoms with E-state index in [1.807, 2.05) is 6.92 Å². The van der Waals surface area contributed by atoms with Gasteiger partial charge in [-0.05, 0) is 18.8 Å². The summed E-state index contributed by atoms with van der Waals surface area (Å²) < 4.78 is 0. The molecule has 3 N–H and O–H groups in total. The van der Waals surface area contributed by atoms with E-state index in [0.717, 1.165) is 6.42 Å². The van der Waals surface area contributed by atoms with Crippen molar-refractivity contribution in [3.05, 3.63) is 0 Å². The number of nitrogens with two attached hydrogens (primary N) is 1. The van der Waals surface area contributed by atoms with Crippen molar-refractivity contribution >= 4 is 11.8 Å². The van der Waals surface area contributed by atoms with Crippen LogP contribution in [0.5, 0.6) is 0 Å². The molecule has 0 radical (unpaired) electrons. The van der Waals surface area contributed by atoms with Gasteiger partial charge in [-0.15, -0.1) is 0 Å². The van der Waals surface area contributed by atoms with Crippen molar-refractivity contribution in [2.75, 3.05) is 20.1 Å². The molecule has 0 heterocycles. The van der Waals surface area contributed by atoms with Crippen molar-refractivity contribution in [3.63, 3.8) is 0 Å². The van der Waals surface area contributed by atoms with Crippen LogP contribution in [0.3, 0.4) is 0 Å². The fourth-order valence-electron chi connectivity index (χ4n) is 1.80. The van der Waals surface area contributed by atoms with E-state index in [2.05, 4.69) is 26.1 Å². The molecule has 0 saturated carbocycles. The van der Waals surface area contributed by atoms with Crippen molar-refractivity contribution in [2.45, 2.75) is 46.6 Å². The second-order valence-corrected chi connectivity index (χ2v) is 5.93. The van der Waals surface area contributed by atoms with Gasteiger partial charge < -0.3 is 16.0 Å². The molecule has 1 unspecified atom stereocenters. The number of amides is 2. The normalized spacial score (nSPS) is 13.0. The summed E-state index contributed by atoms with van der Waals surface area (Å²) in [5.74, 6) is -0.226. The molecule has 0 spiro atoms. The Morgan fingerprint density at radius 3 is 2.33 bits per heavy atom. The smallest absolute Gasteiger partial charge is 0.239 e. The number of hydrogen-bond donors (Lipinski definition) is 2. The summed E-state index contributed by atoms with van der Waals surface area (Å²) in [4.78, 5) is 24.6. The topological polar surface area (TPSA) is 75.4 Å². The Morgan fingerprint density at radius 1 is 1.33 bits per heavy atom. The fraction of sp³-hybridized carbons (Fsp3) is 0.846. The first-order valence-electron chi connectivity index (χ1n) is 6.42. The number of rotatable bonds is 6. The second-order valence-electron chi connectivity index (χ2n) is 5.93. The van der Waals surface area contributed by atoms with Crippen LogP contribution in [0.4, 0.5) is 0 Å². The molecular weight excluding hydrogens is 230 g/mol. The number of nitrogens with one attached hydrogen (secondary N) is 1. The van der Waals surface area contributed by atoms with Gasteiger partial charge in [0.15, 0.2) is 0 Å². The Morgan fingerprint density at radius 2 is 1.89 bits per heavy atom. The maximum atomic E-state index is 11.8. The van der Waals surface area contributed by atoms with E-state index in [9.17, 15) is 9.59 Å². The molecule has 106 valence electrons. The van der Waals surface area contributed by atoms with Gasteiger partial charge in [-0.25, -0.2) is 0 Å². The van der Waals surface area contributed by atoms with Gasteiger partial charge in [0.2, 0.25) is 11.8 Å². The standard InChI is InChI=1S/C13H27N3O2/c1-6-15-11(17)9-16(5)12(18)7-10(14)8-13(2,3)4/h10H,6-9,14H2,1-5H3,(H,15,17). The van der Waals surface area contributed by atoms with E-state index in [1.54, 1.807) is 7.05 Å². The summed E-state index contributed by atoms with van der Waals surface area (Å²) in [5.41, 5.74) is 6.05. The maximum absolute atomic E-state index is 11.8. The lowest BCUT2D eigenvalue weighted by Crippen LogP contribution is -2.41. The molecular formula is C13H27N3O2. The highest BCUT2D eigenvalue weighted by Crippen LogP contribution is 2.21. The zero-order valence-electron chi connectivity index (χ0n) is 12.2. The highest BCUT2D eigenvalue weighted by molar-refractivity contribution is 5.84. The van der Waals surface area contributed by atoms with Crippen molar-refractivity contribution < 1.29 is 9.59 Å². The molecule has 1 atom stereocenters. The molecule has 5 nitrogen and oxygen atoms in total. The Labute approximate surface area is 110 Å². The van der Waals surface area contributed by atoms with Gasteiger partial charge in [0.25, 0.3) is 0 Å². The minimum atomic E-state index is -0.158. The molecule has 0 aromatic carbocycles. The Bertz CT molecular complexity index is 284. The lowest BCUT2D eigenvalue weighted by Gasteiger charge is -2.24. The van der Waals surface area contributed by atoms with Crippen LogP contribution in [-0.2, 0) is 9.59 Å². The number of likely N-dealkylation sites (N-methyl/N-ethyl adjacent to an activating group) is 2. The zero-order chi connectivity index (χ0) is 14.3. The minimum absolute atomic E-state index is 0.0852. The van der Waals surface area contributed by atoms with Crippen molar-refractivity contribution in [3.8, 4) is 0 Å². The average molecular weight is 257 g/mol. The first-order chi connectivity index (χ1) is 8.15. The first-order valence-corrected chi connectivity index (χ1v) is 6.42. The fourth-order valence-corrected chi connectivity index (χ4v) is 1.80. The quantitative estimate of drug-likeness (QED) is 0.736. The Kier molecular flexibility index (Phi) is 6.91. The predicted octanol–water partition coefficient (Wildman–Crippen LogP) is 0.735. The number of carbonyl (C=O) groups is 2. The van der Waals surface area contributed by atoms with Crippen molar-refractivity contribution in [2.24, 2.45) is 11.1 Å². The molecule has 0 bridgehead atoms. The summed E-state index contributed by atoms with van der Waals surface area (Å²) in [7, 11) is 1.63. The Hall–Kier alpha value is -1.10. The average Bonchev–Trinajstić information content (AvgIpc) is 2.14. The van der Waals surface area contributed by atoms with Crippen LogP contribution in [0.25, 0.3) is 0 Å². The molecule has 0 fully saturated rings. The molecule has 0 rings (SSSR count). The molecule has 0 aliphatic heterocycles. The predicted molar refractivity (Wildman–Crippen MR) is 73.0 cm³/mol. The number of carbonyl (C=O) groups excluding carboxylic acids is 2. The lowest BCUT2D eigenvalue weighted by atomic mass is 9.87. The van der Waals surface area contributed by atoms with E-state index in [0.29, 0.717) is 6.54 Å². The van der Waals surface area contributed by atoms with Gasteiger partial charge in [-0.3, -0.25) is 9.59 Å². The molecule has 0 aromatic rings. The lowest BCUT2D eigenvalue weighted by molar-refractivity contribution is -0.135. The van der Waals surface area contributed by atoms with Crippen LogP contribution in [0.15, 0.2) is 0 Å². The van der Waals surface area contributed by atoms with Gasteiger partial charge in [0.1, 0.15) is 0 Å². The summed E-state index contributed by atoms with van der Waals surface area (Å²) in [6.45, 7) is 8.79. The highest BCUT2D eigenvalue weighted by atomic mass is 16.2. The third-order valence-corrected chi connectivity index (χ3v) is 2.49.